The zero-order valence-electron chi connectivity index (χ0n) is 14.9. The summed E-state index contributed by atoms with van der Waals surface area (Å²) in [6, 6.07) is 15.2. The Hall–Kier alpha value is -2.46. The average Bonchev–Trinajstić information content (AvgIpc) is 2.65. The first kappa shape index (κ1) is 17.4. The lowest BCUT2D eigenvalue weighted by Crippen LogP contribution is -2.49. The van der Waals surface area contributed by atoms with Gasteiger partial charge in [-0.3, -0.25) is 14.5 Å². The van der Waals surface area contributed by atoms with Gasteiger partial charge in [0.1, 0.15) is 0 Å². The highest BCUT2D eigenvalue weighted by Gasteiger charge is 2.23. The zero-order chi connectivity index (χ0) is 17.8. The maximum atomic E-state index is 12.7. The van der Waals surface area contributed by atoms with Gasteiger partial charge in [-0.25, -0.2) is 0 Å². The molecular weight excluding hydrogens is 312 g/mol. The van der Waals surface area contributed by atoms with Crippen LogP contribution < -0.4 is 0 Å². The molecular formula is C21H24N2O2. The Bertz CT molecular complexity index is 763. The number of benzene rings is 2. The standard InChI is InChI=1S/C21H24N2O2/c1-16-8-9-19(14-17(16)2)21(25)23-12-10-22(11-13-23)15-20(24)18-6-4-3-5-7-18/h3-9,14H,10-13,15H2,1-2H3. The first-order valence-electron chi connectivity index (χ1n) is 8.72. The number of rotatable bonds is 4. The van der Waals surface area contributed by atoms with Gasteiger partial charge in [0.2, 0.25) is 0 Å². The van der Waals surface area contributed by atoms with E-state index in [1.54, 1.807) is 0 Å². The highest BCUT2D eigenvalue weighted by atomic mass is 16.2. The van der Waals surface area contributed by atoms with Gasteiger partial charge < -0.3 is 4.90 Å². The minimum Gasteiger partial charge on any atom is -0.336 e. The summed E-state index contributed by atoms with van der Waals surface area (Å²) in [5, 5.41) is 0. The molecule has 2 aromatic carbocycles. The van der Waals surface area contributed by atoms with Crippen molar-refractivity contribution < 1.29 is 9.59 Å². The summed E-state index contributed by atoms with van der Waals surface area (Å²) in [5.41, 5.74) is 3.83. The number of aryl methyl sites for hydroxylation is 2. The number of hydrogen-bond acceptors (Lipinski definition) is 3. The minimum absolute atomic E-state index is 0.0807. The van der Waals surface area contributed by atoms with Crippen LogP contribution in [0.1, 0.15) is 31.8 Å². The van der Waals surface area contributed by atoms with Crippen molar-refractivity contribution >= 4 is 11.7 Å². The van der Waals surface area contributed by atoms with Gasteiger partial charge in [0, 0.05) is 37.3 Å². The fourth-order valence-electron chi connectivity index (χ4n) is 3.08. The van der Waals surface area contributed by atoms with Crippen LogP contribution in [0.5, 0.6) is 0 Å². The second kappa shape index (κ2) is 7.62. The van der Waals surface area contributed by atoms with E-state index in [0.29, 0.717) is 19.6 Å². The van der Waals surface area contributed by atoms with Crippen LogP contribution in [0.15, 0.2) is 48.5 Å². The van der Waals surface area contributed by atoms with E-state index in [2.05, 4.69) is 4.90 Å². The lowest BCUT2D eigenvalue weighted by molar-refractivity contribution is 0.0624. The summed E-state index contributed by atoms with van der Waals surface area (Å²) in [6.45, 7) is 7.27. The van der Waals surface area contributed by atoms with Gasteiger partial charge in [0.15, 0.2) is 5.78 Å². The smallest absolute Gasteiger partial charge is 0.253 e. The van der Waals surface area contributed by atoms with Gasteiger partial charge in [-0.15, -0.1) is 0 Å². The highest BCUT2D eigenvalue weighted by molar-refractivity contribution is 5.97. The molecule has 1 aliphatic rings. The van der Waals surface area contributed by atoms with Crippen LogP contribution in [0.4, 0.5) is 0 Å². The molecule has 0 N–H and O–H groups in total. The Morgan fingerprint density at radius 3 is 2.16 bits per heavy atom. The molecule has 0 bridgehead atoms. The van der Waals surface area contributed by atoms with Gasteiger partial charge in [0.25, 0.3) is 5.91 Å². The molecule has 1 aliphatic heterocycles. The average molecular weight is 336 g/mol. The molecule has 0 aromatic heterocycles. The van der Waals surface area contributed by atoms with Gasteiger partial charge in [0.05, 0.1) is 6.54 Å². The largest absolute Gasteiger partial charge is 0.336 e. The number of amides is 1. The molecule has 0 unspecified atom stereocenters. The summed E-state index contributed by atoms with van der Waals surface area (Å²) in [6.07, 6.45) is 0. The Morgan fingerprint density at radius 2 is 1.52 bits per heavy atom. The van der Waals surface area contributed by atoms with Crippen LogP contribution in [-0.2, 0) is 0 Å². The maximum absolute atomic E-state index is 12.7. The molecule has 1 heterocycles. The molecule has 1 fully saturated rings. The van der Waals surface area contributed by atoms with Crippen molar-refractivity contribution in [2.45, 2.75) is 13.8 Å². The predicted molar refractivity (Wildman–Crippen MR) is 99.0 cm³/mol. The monoisotopic (exact) mass is 336 g/mol. The number of ketones is 1. The van der Waals surface area contributed by atoms with Gasteiger partial charge >= 0.3 is 0 Å². The number of hydrogen-bond donors (Lipinski definition) is 0. The Balaban J connectivity index is 1.55. The SMILES string of the molecule is Cc1ccc(C(=O)N2CCN(CC(=O)c3ccccc3)CC2)cc1C. The number of carbonyl (C=O) groups excluding carboxylic acids is 2. The first-order valence-corrected chi connectivity index (χ1v) is 8.72. The van der Waals surface area contributed by atoms with Crippen LogP contribution in [-0.4, -0.2) is 54.2 Å². The molecule has 0 atom stereocenters. The molecule has 0 aliphatic carbocycles. The van der Waals surface area contributed by atoms with Crippen LogP contribution in [0.2, 0.25) is 0 Å². The topological polar surface area (TPSA) is 40.6 Å². The normalized spacial score (nSPS) is 15.2. The van der Waals surface area contributed by atoms with E-state index in [0.717, 1.165) is 29.8 Å². The summed E-state index contributed by atoms with van der Waals surface area (Å²) < 4.78 is 0. The van der Waals surface area contributed by atoms with Crippen molar-refractivity contribution in [3.05, 3.63) is 70.8 Å². The quantitative estimate of drug-likeness (QED) is 0.806. The zero-order valence-corrected chi connectivity index (χ0v) is 14.9. The minimum atomic E-state index is 0.0807. The summed E-state index contributed by atoms with van der Waals surface area (Å²) in [5.74, 6) is 0.215. The molecule has 0 saturated carbocycles. The number of Topliss-reactive ketones (excluding diaryl/α,β-unsaturated/α-hetero) is 1. The van der Waals surface area contributed by atoms with Crippen LogP contribution >= 0.6 is 0 Å². The van der Waals surface area contributed by atoms with Crippen molar-refractivity contribution in [2.75, 3.05) is 32.7 Å². The van der Waals surface area contributed by atoms with Crippen molar-refractivity contribution in [3.8, 4) is 0 Å². The molecule has 2 aromatic rings. The first-order chi connectivity index (χ1) is 12.0. The fraction of sp³-hybridized carbons (Fsp3) is 0.333. The Kier molecular flexibility index (Phi) is 5.29. The molecule has 130 valence electrons. The molecule has 4 nitrogen and oxygen atoms in total. The molecule has 3 rings (SSSR count). The van der Waals surface area contributed by atoms with Gasteiger partial charge in [-0.1, -0.05) is 36.4 Å². The van der Waals surface area contributed by atoms with Crippen LogP contribution in [0, 0.1) is 13.8 Å². The van der Waals surface area contributed by atoms with E-state index >= 15 is 0 Å². The lowest BCUT2D eigenvalue weighted by atomic mass is 10.1. The summed E-state index contributed by atoms with van der Waals surface area (Å²) >= 11 is 0. The molecule has 0 radical (unpaired) electrons. The van der Waals surface area contributed by atoms with Crippen LogP contribution in [0.3, 0.4) is 0 Å². The van der Waals surface area contributed by atoms with E-state index in [-0.39, 0.29) is 11.7 Å². The van der Waals surface area contributed by atoms with Crippen molar-refractivity contribution in [1.29, 1.82) is 0 Å². The van der Waals surface area contributed by atoms with E-state index < -0.39 is 0 Å². The Morgan fingerprint density at radius 1 is 0.840 bits per heavy atom. The fourth-order valence-corrected chi connectivity index (χ4v) is 3.08. The summed E-state index contributed by atoms with van der Waals surface area (Å²) in [4.78, 5) is 29.0. The second-order valence-corrected chi connectivity index (χ2v) is 6.66. The van der Waals surface area contributed by atoms with E-state index in [1.165, 1.54) is 5.56 Å². The third kappa shape index (κ3) is 4.15. The molecule has 25 heavy (non-hydrogen) atoms. The number of carbonyl (C=O) groups is 2. The molecule has 1 saturated heterocycles. The lowest BCUT2D eigenvalue weighted by Gasteiger charge is -2.34. The predicted octanol–water partition coefficient (Wildman–Crippen LogP) is 2.94. The number of piperazine rings is 1. The summed E-state index contributed by atoms with van der Waals surface area (Å²) in [7, 11) is 0. The molecule has 1 amide bonds. The Labute approximate surface area is 149 Å². The van der Waals surface area contributed by atoms with Crippen molar-refractivity contribution in [2.24, 2.45) is 0 Å². The van der Waals surface area contributed by atoms with E-state index in [1.807, 2.05) is 67.3 Å². The van der Waals surface area contributed by atoms with Gasteiger partial charge in [-0.2, -0.15) is 0 Å². The van der Waals surface area contributed by atoms with E-state index in [4.69, 9.17) is 0 Å². The third-order valence-corrected chi connectivity index (χ3v) is 4.88. The van der Waals surface area contributed by atoms with Crippen molar-refractivity contribution in [1.82, 2.24) is 9.80 Å². The van der Waals surface area contributed by atoms with Gasteiger partial charge in [-0.05, 0) is 37.1 Å². The maximum Gasteiger partial charge on any atom is 0.253 e. The molecule has 0 spiro atoms. The van der Waals surface area contributed by atoms with Crippen molar-refractivity contribution in [3.63, 3.8) is 0 Å². The second-order valence-electron chi connectivity index (χ2n) is 6.66. The van der Waals surface area contributed by atoms with Crippen LogP contribution in [0.25, 0.3) is 0 Å². The third-order valence-electron chi connectivity index (χ3n) is 4.88. The molecule has 4 heteroatoms. The highest BCUT2D eigenvalue weighted by Crippen LogP contribution is 2.14. The van der Waals surface area contributed by atoms with E-state index in [9.17, 15) is 9.59 Å². The number of nitrogens with zero attached hydrogens (tertiary/aromatic N) is 2.